The van der Waals surface area contributed by atoms with E-state index in [0.717, 1.165) is 16.8 Å². The van der Waals surface area contributed by atoms with Crippen LogP contribution in [0.5, 0.6) is 0 Å². The second-order valence-corrected chi connectivity index (χ2v) is 6.62. The number of rotatable bonds is 6. The van der Waals surface area contributed by atoms with Crippen molar-refractivity contribution < 1.29 is 18.4 Å². The highest BCUT2D eigenvalue weighted by molar-refractivity contribution is 6.01. The van der Waals surface area contributed by atoms with Crippen LogP contribution in [0.4, 0.5) is 4.39 Å². The minimum Gasteiger partial charge on any atom is -0.459 e. The van der Waals surface area contributed by atoms with Crippen LogP contribution < -0.4 is 0 Å². The third-order valence-corrected chi connectivity index (χ3v) is 4.57. The van der Waals surface area contributed by atoms with Gasteiger partial charge in [0.25, 0.3) is 5.91 Å². The summed E-state index contributed by atoms with van der Waals surface area (Å²) < 4.78 is 18.4. The van der Waals surface area contributed by atoms with Crippen LogP contribution in [0.25, 0.3) is 0 Å². The summed E-state index contributed by atoms with van der Waals surface area (Å²) >= 11 is 0. The summed E-state index contributed by atoms with van der Waals surface area (Å²) in [6.07, 6.45) is 1.75. The van der Waals surface area contributed by atoms with E-state index in [1.54, 1.807) is 29.2 Å². The smallest absolute Gasteiger partial charge is 0.289 e. The van der Waals surface area contributed by atoms with Gasteiger partial charge in [0.15, 0.2) is 11.9 Å². The Morgan fingerprint density at radius 2 is 1.86 bits per heavy atom. The fourth-order valence-corrected chi connectivity index (χ4v) is 3.16. The average Bonchev–Trinajstić information content (AvgIpc) is 3.41. The normalized spacial score (nSPS) is 15.8. The van der Waals surface area contributed by atoms with Crippen molar-refractivity contribution in [2.75, 3.05) is 6.54 Å². The molecular weight excluding hydrogens is 359 g/mol. The summed E-state index contributed by atoms with van der Waals surface area (Å²) in [4.78, 5) is 20.1. The number of furan rings is 1. The molecule has 0 bridgehead atoms. The number of hydrogen-bond donors (Lipinski definition) is 0. The Labute approximate surface area is 162 Å². The molecular formula is C22H19FN2O3. The number of amides is 1. The molecule has 6 heteroatoms. The maximum Gasteiger partial charge on any atom is 0.289 e. The van der Waals surface area contributed by atoms with Crippen LogP contribution >= 0.6 is 0 Å². The Morgan fingerprint density at radius 3 is 2.57 bits per heavy atom. The number of halogens is 1. The van der Waals surface area contributed by atoms with Gasteiger partial charge in [0.2, 0.25) is 0 Å². The zero-order chi connectivity index (χ0) is 19.3. The lowest BCUT2D eigenvalue weighted by molar-refractivity contribution is 0.0387. The molecule has 0 unspecified atom stereocenters. The molecule has 0 aliphatic carbocycles. The van der Waals surface area contributed by atoms with Gasteiger partial charge in [-0.25, -0.2) is 4.39 Å². The third-order valence-electron chi connectivity index (χ3n) is 4.57. The molecule has 1 aliphatic heterocycles. The summed E-state index contributed by atoms with van der Waals surface area (Å²) in [5.74, 6) is -0.209. The van der Waals surface area contributed by atoms with Crippen LogP contribution in [0.3, 0.4) is 0 Å². The first-order valence-electron chi connectivity index (χ1n) is 9.04. The van der Waals surface area contributed by atoms with Crippen molar-refractivity contribution in [3.8, 4) is 0 Å². The Bertz CT molecular complexity index is 953. The number of oxime groups is 1. The standard InChI is InChI=1S/C22H19FN2O3/c23-18-10-8-17(9-11-18)20-13-19(28-24-20)15-25(14-16-5-2-1-3-6-16)22(26)21-7-4-12-27-21/h1-12,19H,13-15H2/t19-/m0/s1. The van der Waals surface area contributed by atoms with Gasteiger partial charge in [-0.15, -0.1) is 0 Å². The molecule has 28 heavy (non-hydrogen) atoms. The molecule has 142 valence electrons. The van der Waals surface area contributed by atoms with Crippen molar-refractivity contribution in [1.29, 1.82) is 0 Å². The van der Waals surface area contributed by atoms with E-state index in [-0.39, 0.29) is 23.6 Å². The first kappa shape index (κ1) is 18.0. The van der Waals surface area contributed by atoms with E-state index >= 15 is 0 Å². The van der Waals surface area contributed by atoms with Crippen molar-refractivity contribution in [3.63, 3.8) is 0 Å². The third kappa shape index (κ3) is 4.11. The summed E-state index contributed by atoms with van der Waals surface area (Å²) in [7, 11) is 0. The van der Waals surface area contributed by atoms with Gasteiger partial charge < -0.3 is 14.2 Å². The molecule has 2 aromatic carbocycles. The van der Waals surface area contributed by atoms with Crippen LogP contribution in [0, 0.1) is 5.82 Å². The molecule has 0 saturated carbocycles. The molecule has 0 fully saturated rings. The summed E-state index contributed by atoms with van der Waals surface area (Å²) in [6, 6.07) is 19.2. The minimum atomic E-state index is -0.294. The second kappa shape index (κ2) is 8.08. The van der Waals surface area contributed by atoms with E-state index in [0.29, 0.717) is 19.5 Å². The number of benzene rings is 2. The Morgan fingerprint density at radius 1 is 1.07 bits per heavy atom. The predicted octanol–water partition coefficient (Wildman–Crippen LogP) is 4.25. The van der Waals surface area contributed by atoms with Crippen LogP contribution in [-0.4, -0.2) is 29.2 Å². The SMILES string of the molecule is O=C(c1ccco1)N(Cc1ccccc1)C[C@@H]1CC(c2ccc(F)cc2)=NO1. The molecule has 1 amide bonds. The highest BCUT2D eigenvalue weighted by Gasteiger charge is 2.28. The van der Waals surface area contributed by atoms with E-state index in [1.165, 1.54) is 18.4 Å². The van der Waals surface area contributed by atoms with E-state index in [4.69, 9.17) is 9.25 Å². The number of carbonyl (C=O) groups excluding carboxylic acids is 1. The molecule has 0 N–H and O–H groups in total. The first-order chi connectivity index (χ1) is 13.7. The molecule has 1 atom stereocenters. The van der Waals surface area contributed by atoms with E-state index in [9.17, 15) is 9.18 Å². The molecule has 2 heterocycles. The van der Waals surface area contributed by atoms with E-state index < -0.39 is 0 Å². The molecule has 0 spiro atoms. The van der Waals surface area contributed by atoms with Crippen molar-refractivity contribution in [2.24, 2.45) is 5.16 Å². The lowest BCUT2D eigenvalue weighted by Crippen LogP contribution is -2.37. The van der Waals surface area contributed by atoms with Gasteiger partial charge in [0.05, 0.1) is 18.5 Å². The molecule has 4 rings (SSSR count). The Kier molecular flexibility index (Phi) is 5.19. The fourth-order valence-electron chi connectivity index (χ4n) is 3.16. The van der Waals surface area contributed by atoms with Gasteiger partial charge in [0.1, 0.15) is 5.82 Å². The van der Waals surface area contributed by atoms with Gasteiger partial charge in [-0.1, -0.05) is 47.6 Å². The highest BCUT2D eigenvalue weighted by Crippen LogP contribution is 2.20. The Hall–Kier alpha value is -3.41. The van der Waals surface area contributed by atoms with Gasteiger partial charge in [0, 0.05) is 13.0 Å². The van der Waals surface area contributed by atoms with E-state index in [1.807, 2.05) is 30.3 Å². The quantitative estimate of drug-likeness (QED) is 0.644. The largest absolute Gasteiger partial charge is 0.459 e. The monoisotopic (exact) mass is 378 g/mol. The van der Waals surface area contributed by atoms with Crippen molar-refractivity contribution >= 4 is 11.6 Å². The zero-order valence-corrected chi connectivity index (χ0v) is 15.1. The van der Waals surface area contributed by atoms with Crippen LogP contribution in [0.15, 0.2) is 82.6 Å². The second-order valence-electron chi connectivity index (χ2n) is 6.62. The molecule has 1 aromatic heterocycles. The number of carbonyl (C=O) groups is 1. The predicted molar refractivity (Wildman–Crippen MR) is 102 cm³/mol. The molecule has 0 saturated heterocycles. The maximum atomic E-state index is 13.1. The van der Waals surface area contributed by atoms with Gasteiger partial charge in [-0.3, -0.25) is 4.79 Å². The van der Waals surface area contributed by atoms with E-state index in [2.05, 4.69) is 5.16 Å². The first-order valence-corrected chi connectivity index (χ1v) is 9.04. The van der Waals surface area contributed by atoms with Gasteiger partial charge >= 0.3 is 0 Å². The Balaban J connectivity index is 1.47. The van der Waals surface area contributed by atoms with Crippen LogP contribution in [-0.2, 0) is 11.4 Å². The van der Waals surface area contributed by atoms with Crippen molar-refractivity contribution in [3.05, 3.63) is 95.7 Å². The molecule has 5 nitrogen and oxygen atoms in total. The van der Waals surface area contributed by atoms with Gasteiger partial charge in [-0.2, -0.15) is 0 Å². The van der Waals surface area contributed by atoms with Crippen molar-refractivity contribution in [2.45, 2.75) is 19.1 Å². The van der Waals surface area contributed by atoms with Crippen LogP contribution in [0.2, 0.25) is 0 Å². The number of nitrogens with zero attached hydrogens (tertiary/aromatic N) is 2. The molecule has 1 aliphatic rings. The average molecular weight is 378 g/mol. The van der Waals surface area contributed by atoms with Crippen molar-refractivity contribution in [1.82, 2.24) is 4.90 Å². The number of hydrogen-bond acceptors (Lipinski definition) is 4. The fraction of sp³-hybridized carbons (Fsp3) is 0.182. The lowest BCUT2D eigenvalue weighted by atomic mass is 10.0. The maximum absolute atomic E-state index is 13.1. The summed E-state index contributed by atoms with van der Waals surface area (Å²) in [5, 5.41) is 4.13. The molecule has 3 aromatic rings. The summed E-state index contributed by atoms with van der Waals surface area (Å²) in [6.45, 7) is 0.800. The van der Waals surface area contributed by atoms with Gasteiger partial charge in [-0.05, 0) is 35.4 Å². The summed E-state index contributed by atoms with van der Waals surface area (Å²) in [5.41, 5.74) is 2.58. The minimum absolute atomic E-state index is 0.201. The van der Waals surface area contributed by atoms with Crippen LogP contribution in [0.1, 0.15) is 28.1 Å². The highest BCUT2D eigenvalue weighted by atomic mass is 19.1. The lowest BCUT2D eigenvalue weighted by Gasteiger charge is -2.24. The zero-order valence-electron chi connectivity index (χ0n) is 15.1. The molecule has 0 radical (unpaired) electrons. The topological polar surface area (TPSA) is 55.0 Å².